The summed E-state index contributed by atoms with van der Waals surface area (Å²) in [5.41, 5.74) is 0.958. The van der Waals surface area contributed by atoms with E-state index in [0.717, 1.165) is 50.7 Å². The summed E-state index contributed by atoms with van der Waals surface area (Å²) in [7, 11) is 0. The zero-order valence-electron chi connectivity index (χ0n) is 13.8. The first kappa shape index (κ1) is 16.6. The molecule has 1 fully saturated rings. The van der Waals surface area contributed by atoms with Gasteiger partial charge in [-0.15, -0.1) is 6.58 Å². The molecule has 0 radical (unpaired) electrons. The Morgan fingerprint density at radius 3 is 2.62 bits per heavy atom. The summed E-state index contributed by atoms with van der Waals surface area (Å²) >= 11 is 0. The van der Waals surface area contributed by atoms with E-state index >= 15 is 0 Å². The third-order valence-electron chi connectivity index (χ3n) is 4.28. The molecule has 3 rings (SSSR count). The normalized spacial score (nSPS) is 17.0. The number of hydrogen-bond donors (Lipinski definition) is 1. The number of anilines is 1. The van der Waals surface area contributed by atoms with Gasteiger partial charge in [0.25, 0.3) is 0 Å². The van der Waals surface area contributed by atoms with Crippen molar-refractivity contribution < 1.29 is 5.11 Å². The van der Waals surface area contributed by atoms with Crippen molar-refractivity contribution >= 4 is 5.95 Å². The van der Waals surface area contributed by atoms with E-state index in [1.54, 1.807) is 4.68 Å². The number of hydrogen-bond acceptors (Lipinski definition) is 6. The second-order valence-electron chi connectivity index (χ2n) is 6.03. The van der Waals surface area contributed by atoms with Gasteiger partial charge >= 0.3 is 0 Å². The second-order valence-corrected chi connectivity index (χ2v) is 6.03. The van der Waals surface area contributed by atoms with Crippen molar-refractivity contribution in [2.45, 2.75) is 18.9 Å². The Balaban J connectivity index is 1.58. The molecule has 1 aliphatic rings. The summed E-state index contributed by atoms with van der Waals surface area (Å²) < 4.78 is 1.77. The molecular formula is C17H24N6O. The van der Waals surface area contributed by atoms with Crippen LogP contribution in [0.25, 0.3) is 5.69 Å². The fourth-order valence-electron chi connectivity index (χ4n) is 2.95. The summed E-state index contributed by atoms with van der Waals surface area (Å²) in [5, 5.41) is 22.2. The van der Waals surface area contributed by atoms with Crippen molar-refractivity contribution in [3.05, 3.63) is 43.0 Å². The number of β-amino-alcohol motifs (C(OH)–C–C–N with tert-alkyl or cyclic N) is 1. The van der Waals surface area contributed by atoms with Gasteiger partial charge in [-0.3, -0.25) is 4.90 Å². The highest BCUT2D eigenvalue weighted by Gasteiger charge is 2.23. The number of aliphatic hydroxyl groups is 1. The van der Waals surface area contributed by atoms with Crippen LogP contribution in [0, 0.1) is 0 Å². The van der Waals surface area contributed by atoms with Crippen molar-refractivity contribution in [3.8, 4) is 5.69 Å². The first-order valence-corrected chi connectivity index (χ1v) is 8.38. The lowest BCUT2D eigenvalue weighted by Gasteiger charge is -2.35. The number of benzene rings is 1. The molecule has 0 saturated carbocycles. The molecule has 128 valence electrons. The Morgan fingerprint density at radius 2 is 1.92 bits per heavy atom. The van der Waals surface area contributed by atoms with Crippen molar-refractivity contribution in [3.63, 3.8) is 0 Å². The highest BCUT2D eigenvalue weighted by atomic mass is 16.3. The molecule has 1 N–H and O–H groups in total. The van der Waals surface area contributed by atoms with Gasteiger partial charge in [0.05, 0.1) is 11.8 Å². The van der Waals surface area contributed by atoms with Gasteiger partial charge in [-0.05, 0) is 35.4 Å². The molecule has 0 spiro atoms. The minimum atomic E-state index is -0.288. The molecular weight excluding hydrogens is 304 g/mol. The van der Waals surface area contributed by atoms with Crippen LogP contribution in [-0.4, -0.2) is 69.0 Å². The first-order valence-electron chi connectivity index (χ1n) is 8.38. The van der Waals surface area contributed by atoms with Crippen molar-refractivity contribution in [1.82, 2.24) is 25.1 Å². The number of para-hydroxylation sites is 1. The van der Waals surface area contributed by atoms with Crippen LogP contribution in [0.2, 0.25) is 0 Å². The zero-order chi connectivity index (χ0) is 16.8. The molecule has 0 aliphatic carbocycles. The van der Waals surface area contributed by atoms with Crippen molar-refractivity contribution in [1.29, 1.82) is 0 Å². The van der Waals surface area contributed by atoms with Crippen LogP contribution in [0.3, 0.4) is 0 Å². The number of rotatable bonds is 7. The Bertz CT molecular complexity index is 636. The average molecular weight is 328 g/mol. The number of allylic oxidation sites excluding steroid dienone is 1. The molecule has 0 amide bonds. The maximum atomic E-state index is 10.0. The Labute approximate surface area is 142 Å². The topological polar surface area (TPSA) is 70.3 Å². The van der Waals surface area contributed by atoms with E-state index < -0.39 is 0 Å². The minimum absolute atomic E-state index is 0.288. The third-order valence-corrected chi connectivity index (χ3v) is 4.28. The lowest BCUT2D eigenvalue weighted by molar-refractivity contribution is 0.103. The molecule has 1 aromatic carbocycles. The molecule has 2 aromatic rings. The predicted molar refractivity (Wildman–Crippen MR) is 93.2 cm³/mol. The predicted octanol–water partition coefficient (Wildman–Crippen LogP) is 1.11. The maximum Gasteiger partial charge on any atom is 0.250 e. The monoisotopic (exact) mass is 328 g/mol. The molecule has 1 atom stereocenters. The molecule has 1 aromatic heterocycles. The van der Waals surface area contributed by atoms with E-state index in [0.29, 0.717) is 6.54 Å². The number of tetrazole rings is 1. The minimum Gasteiger partial charge on any atom is -0.392 e. The lowest BCUT2D eigenvalue weighted by Crippen LogP contribution is -2.49. The van der Waals surface area contributed by atoms with Gasteiger partial charge < -0.3 is 10.0 Å². The highest BCUT2D eigenvalue weighted by molar-refractivity contribution is 5.40. The van der Waals surface area contributed by atoms with E-state index in [-0.39, 0.29) is 6.10 Å². The second kappa shape index (κ2) is 8.03. The highest BCUT2D eigenvalue weighted by Crippen LogP contribution is 2.17. The largest absolute Gasteiger partial charge is 0.392 e. The number of piperazine rings is 1. The van der Waals surface area contributed by atoms with Crippen molar-refractivity contribution in [2.24, 2.45) is 0 Å². The summed E-state index contributed by atoms with van der Waals surface area (Å²) in [6, 6.07) is 9.91. The molecule has 7 nitrogen and oxygen atoms in total. The average Bonchev–Trinajstić information content (AvgIpc) is 3.11. The molecule has 7 heteroatoms. The smallest absolute Gasteiger partial charge is 0.250 e. The van der Waals surface area contributed by atoms with E-state index in [2.05, 4.69) is 31.9 Å². The van der Waals surface area contributed by atoms with E-state index in [1.807, 2.05) is 36.4 Å². The van der Waals surface area contributed by atoms with E-state index in [9.17, 15) is 5.11 Å². The Kier molecular flexibility index (Phi) is 5.55. The maximum absolute atomic E-state index is 10.0. The van der Waals surface area contributed by atoms with Gasteiger partial charge in [0.2, 0.25) is 5.95 Å². The molecule has 1 saturated heterocycles. The van der Waals surface area contributed by atoms with Gasteiger partial charge in [-0.2, -0.15) is 4.68 Å². The standard InChI is InChI=1S/C17H24N6O/c1-2-3-9-16(24)14-21-10-12-22(13-11-21)17-18-19-20-23(17)15-7-5-4-6-8-15/h2,4-8,16,24H,1,3,9-14H2. The Morgan fingerprint density at radius 1 is 1.17 bits per heavy atom. The van der Waals surface area contributed by atoms with Gasteiger partial charge in [-0.25, -0.2) is 0 Å². The fourth-order valence-corrected chi connectivity index (χ4v) is 2.95. The van der Waals surface area contributed by atoms with Gasteiger partial charge in [-0.1, -0.05) is 29.4 Å². The molecule has 0 bridgehead atoms. The van der Waals surface area contributed by atoms with Crippen molar-refractivity contribution in [2.75, 3.05) is 37.6 Å². The summed E-state index contributed by atoms with van der Waals surface area (Å²) in [5.74, 6) is 0.771. The number of aromatic nitrogens is 4. The summed E-state index contributed by atoms with van der Waals surface area (Å²) in [6.07, 6.45) is 3.19. The zero-order valence-corrected chi connectivity index (χ0v) is 13.8. The first-order chi connectivity index (χ1) is 11.8. The Hall–Kier alpha value is -2.25. The van der Waals surface area contributed by atoms with E-state index in [4.69, 9.17) is 0 Å². The van der Waals surface area contributed by atoms with Gasteiger partial charge in [0.15, 0.2) is 0 Å². The van der Waals surface area contributed by atoms with Crippen LogP contribution >= 0.6 is 0 Å². The van der Waals surface area contributed by atoms with Crippen LogP contribution < -0.4 is 4.90 Å². The third kappa shape index (κ3) is 3.98. The molecule has 1 aliphatic heterocycles. The lowest BCUT2D eigenvalue weighted by atomic mass is 10.1. The summed E-state index contributed by atoms with van der Waals surface area (Å²) in [4.78, 5) is 4.49. The summed E-state index contributed by atoms with van der Waals surface area (Å²) in [6.45, 7) is 7.90. The van der Waals surface area contributed by atoms with Gasteiger partial charge in [0, 0.05) is 32.7 Å². The SMILES string of the molecule is C=CCCC(O)CN1CCN(c2nnnn2-c2ccccc2)CC1. The molecule has 1 unspecified atom stereocenters. The van der Waals surface area contributed by atoms with Crippen LogP contribution in [0.1, 0.15) is 12.8 Å². The van der Waals surface area contributed by atoms with Crippen LogP contribution in [-0.2, 0) is 0 Å². The van der Waals surface area contributed by atoms with E-state index in [1.165, 1.54) is 0 Å². The number of aliphatic hydroxyl groups excluding tert-OH is 1. The van der Waals surface area contributed by atoms with Crippen LogP contribution in [0.4, 0.5) is 5.95 Å². The number of nitrogens with zero attached hydrogens (tertiary/aromatic N) is 6. The molecule has 2 heterocycles. The van der Waals surface area contributed by atoms with Crippen LogP contribution in [0.15, 0.2) is 43.0 Å². The fraction of sp³-hybridized carbons (Fsp3) is 0.471. The van der Waals surface area contributed by atoms with Crippen LogP contribution in [0.5, 0.6) is 0 Å². The quantitative estimate of drug-likeness (QED) is 0.768. The van der Waals surface area contributed by atoms with Gasteiger partial charge in [0.1, 0.15) is 0 Å². The molecule has 24 heavy (non-hydrogen) atoms.